The van der Waals surface area contributed by atoms with Gasteiger partial charge in [0.15, 0.2) is 0 Å². The summed E-state index contributed by atoms with van der Waals surface area (Å²) in [5, 5.41) is 0.247. The molecule has 0 bridgehead atoms. The zero-order chi connectivity index (χ0) is 18.4. The summed E-state index contributed by atoms with van der Waals surface area (Å²) in [6.07, 6.45) is 1.59. The lowest BCUT2D eigenvalue weighted by molar-refractivity contribution is 0.194. The van der Waals surface area contributed by atoms with Crippen LogP contribution in [0.3, 0.4) is 0 Å². The summed E-state index contributed by atoms with van der Waals surface area (Å²) in [5.41, 5.74) is 0. The summed E-state index contributed by atoms with van der Waals surface area (Å²) in [6, 6.07) is 7.83. The number of hydrogen-bond acceptors (Lipinski definition) is 5. The van der Waals surface area contributed by atoms with Crippen LogP contribution in [0.2, 0.25) is 5.02 Å². The van der Waals surface area contributed by atoms with Gasteiger partial charge in [0.2, 0.25) is 10.0 Å². The van der Waals surface area contributed by atoms with Crippen molar-refractivity contribution in [2.24, 2.45) is 0 Å². The summed E-state index contributed by atoms with van der Waals surface area (Å²) in [4.78, 5) is 2.22. The quantitative estimate of drug-likeness (QED) is 0.715. The molecule has 6 nitrogen and oxygen atoms in total. The zero-order valence-corrected chi connectivity index (χ0v) is 16.1. The average molecular weight is 387 g/mol. The SMILES string of the molecule is CCN(CC)C(CNS(=O)(=O)c1ccc(OC)c(Cl)c1)c1ccco1. The topological polar surface area (TPSA) is 71.8 Å². The Morgan fingerprint density at radius 3 is 2.52 bits per heavy atom. The minimum atomic E-state index is -3.70. The van der Waals surface area contributed by atoms with Crippen molar-refractivity contribution in [1.29, 1.82) is 0 Å². The minimum Gasteiger partial charge on any atom is -0.495 e. The first kappa shape index (κ1) is 19.8. The van der Waals surface area contributed by atoms with Crippen LogP contribution in [0.25, 0.3) is 0 Å². The van der Waals surface area contributed by atoms with Crippen LogP contribution in [0.15, 0.2) is 45.9 Å². The van der Waals surface area contributed by atoms with Crippen LogP contribution >= 0.6 is 11.6 Å². The van der Waals surface area contributed by atoms with Gasteiger partial charge in [-0.3, -0.25) is 4.90 Å². The largest absolute Gasteiger partial charge is 0.495 e. The second-order valence-electron chi connectivity index (χ2n) is 5.40. The molecule has 0 fully saturated rings. The van der Waals surface area contributed by atoms with Gasteiger partial charge in [0.05, 0.1) is 29.3 Å². The molecule has 0 amide bonds. The molecule has 1 atom stereocenters. The zero-order valence-electron chi connectivity index (χ0n) is 14.5. The summed E-state index contributed by atoms with van der Waals surface area (Å²) >= 11 is 6.03. The molecular formula is C17H23ClN2O4S. The second kappa shape index (κ2) is 8.71. The van der Waals surface area contributed by atoms with E-state index in [0.29, 0.717) is 5.75 Å². The molecule has 1 aromatic carbocycles. The average Bonchev–Trinajstić information content (AvgIpc) is 3.12. The minimum absolute atomic E-state index is 0.0936. The third-order valence-electron chi connectivity index (χ3n) is 4.03. The van der Waals surface area contributed by atoms with Gasteiger partial charge in [-0.25, -0.2) is 13.1 Å². The fourth-order valence-corrected chi connectivity index (χ4v) is 4.03. The molecular weight excluding hydrogens is 364 g/mol. The Kier molecular flexibility index (Phi) is 6.89. The molecule has 1 heterocycles. The molecule has 0 aliphatic rings. The van der Waals surface area contributed by atoms with Crippen LogP contribution in [0.4, 0.5) is 0 Å². The predicted octanol–water partition coefficient (Wildman–Crippen LogP) is 3.30. The van der Waals surface area contributed by atoms with Gasteiger partial charge < -0.3 is 9.15 Å². The standard InChI is InChI=1S/C17H23ClN2O4S/c1-4-20(5-2)15(17-7-6-10-24-17)12-19-25(21,22)13-8-9-16(23-3)14(18)11-13/h6-11,15,19H,4-5,12H2,1-3H3. The Morgan fingerprint density at radius 2 is 2.00 bits per heavy atom. The van der Waals surface area contributed by atoms with Crippen molar-refractivity contribution in [3.63, 3.8) is 0 Å². The Labute approximate surface area is 153 Å². The van der Waals surface area contributed by atoms with E-state index in [2.05, 4.69) is 9.62 Å². The van der Waals surface area contributed by atoms with Gasteiger partial charge in [-0.2, -0.15) is 0 Å². The first-order valence-corrected chi connectivity index (χ1v) is 9.89. The smallest absolute Gasteiger partial charge is 0.240 e. The number of sulfonamides is 1. The van der Waals surface area contributed by atoms with Crippen LogP contribution < -0.4 is 9.46 Å². The molecule has 25 heavy (non-hydrogen) atoms. The highest BCUT2D eigenvalue weighted by Crippen LogP contribution is 2.27. The maximum Gasteiger partial charge on any atom is 0.240 e. The molecule has 138 valence electrons. The number of nitrogens with one attached hydrogen (secondary N) is 1. The van der Waals surface area contributed by atoms with Crippen molar-refractivity contribution in [1.82, 2.24) is 9.62 Å². The van der Waals surface area contributed by atoms with E-state index in [0.717, 1.165) is 18.8 Å². The van der Waals surface area contributed by atoms with Gasteiger partial charge in [0.1, 0.15) is 11.5 Å². The van der Waals surface area contributed by atoms with E-state index in [4.69, 9.17) is 20.8 Å². The summed E-state index contributed by atoms with van der Waals surface area (Å²) < 4.78 is 38.4. The number of ether oxygens (including phenoxy) is 1. The first-order valence-electron chi connectivity index (χ1n) is 8.03. The Morgan fingerprint density at radius 1 is 1.28 bits per heavy atom. The molecule has 2 aromatic rings. The number of nitrogens with zero attached hydrogens (tertiary/aromatic N) is 1. The number of benzene rings is 1. The molecule has 0 spiro atoms. The van der Waals surface area contributed by atoms with Gasteiger partial charge in [-0.15, -0.1) is 0 Å². The van der Waals surface area contributed by atoms with Crippen LogP contribution in [-0.2, 0) is 10.0 Å². The second-order valence-corrected chi connectivity index (χ2v) is 7.57. The van der Waals surface area contributed by atoms with Crippen molar-refractivity contribution in [2.75, 3.05) is 26.7 Å². The highest BCUT2D eigenvalue weighted by atomic mass is 35.5. The van der Waals surface area contributed by atoms with E-state index in [1.54, 1.807) is 12.3 Å². The Balaban J connectivity index is 2.19. The number of furan rings is 1. The van der Waals surface area contributed by atoms with E-state index >= 15 is 0 Å². The lowest BCUT2D eigenvalue weighted by Gasteiger charge is -2.28. The van der Waals surface area contributed by atoms with Gasteiger partial charge >= 0.3 is 0 Å². The van der Waals surface area contributed by atoms with E-state index in [9.17, 15) is 8.42 Å². The molecule has 0 aliphatic carbocycles. The number of hydrogen-bond donors (Lipinski definition) is 1. The normalized spacial score (nSPS) is 13.2. The summed E-state index contributed by atoms with van der Waals surface area (Å²) in [7, 11) is -2.22. The van der Waals surface area contributed by atoms with Crippen molar-refractivity contribution in [3.8, 4) is 5.75 Å². The van der Waals surface area contributed by atoms with Crippen LogP contribution in [0, 0.1) is 0 Å². The Hall–Kier alpha value is -1.54. The molecule has 0 aliphatic heterocycles. The molecule has 1 aromatic heterocycles. The van der Waals surface area contributed by atoms with E-state index in [1.165, 1.54) is 25.3 Å². The molecule has 8 heteroatoms. The number of methoxy groups -OCH3 is 1. The maximum absolute atomic E-state index is 12.6. The third-order valence-corrected chi connectivity index (χ3v) is 5.74. The molecule has 0 saturated carbocycles. The highest BCUT2D eigenvalue weighted by Gasteiger charge is 2.24. The maximum atomic E-state index is 12.6. The molecule has 1 unspecified atom stereocenters. The third kappa shape index (κ3) is 4.76. The number of likely N-dealkylation sites (N-methyl/N-ethyl adjacent to an activating group) is 1. The molecule has 0 radical (unpaired) electrons. The van der Waals surface area contributed by atoms with E-state index < -0.39 is 10.0 Å². The van der Waals surface area contributed by atoms with Crippen molar-refractivity contribution in [3.05, 3.63) is 47.4 Å². The summed E-state index contributed by atoms with van der Waals surface area (Å²) in [6.45, 7) is 5.80. The van der Waals surface area contributed by atoms with Gasteiger partial charge in [0.25, 0.3) is 0 Å². The predicted molar refractivity (Wildman–Crippen MR) is 97.6 cm³/mol. The lowest BCUT2D eigenvalue weighted by Crippen LogP contribution is -2.37. The number of rotatable bonds is 9. The van der Waals surface area contributed by atoms with Crippen LogP contribution in [-0.4, -0.2) is 40.1 Å². The highest BCUT2D eigenvalue weighted by molar-refractivity contribution is 7.89. The molecule has 0 saturated heterocycles. The molecule has 2 rings (SSSR count). The first-order chi connectivity index (χ1) is 11.9. The van der Waals surface area contributed by atoms with Crippen molar-refractivity contribution in [2.45, 2.75) is 24.8 Å². The van der Waals surface area contributed by atoms with Crippen molar-refractivity contribution >= 4 is 21.6 Å². The van der Waals surface area contributed by atoms with Crippen LogP contribution in [0.5, 0.6) is 5.75 Å². The fraction of sp³-hybridized carbons (Fsp3) is 0.412. The fourth-order valence-electron chi connectivity index (χ4n) is 2.64. The molecule has 1 N–H and O–H groups in total. The van der Waals surface area contributed by atoms with E-state index in [1.807, 2.05) is 19.9 Å². The van der Waals surface area contributed by atoms with Crippen molar-refractivity contribution < 1.29 is 17.6 Å². The summed E-state index contributed by atoms with van der Waals surface area (Å²) in [5.74, 6) is 1.15. The van der Waals surface area contributed by atoms with E-state index in [-0.39, 0.29) is 22.5 Å². The Bertz CT molecular complexity index is 774. The van der Waals surface area contributed by atoms with Crippen LogP contribution in [0.1, 0.15) is 25.6 Å². The number of halogens is 1. The van der Waals surface area contributed by atoms with Gasteiger partial charge in [-0.05, 0) is 43.4 Å². The lowest BCUT2D eigenvalue weighted by atomic mass is 10.2. The van der Waals surface area contributed by atoms with Gasteiger partial charge in [0, 0.05) is 6.54 Å². The van der Waals surface area contributed by atoms with Gasteiger partial charge in [-0.1, -0.05) is 25.4 Å². The monoisotopic (exact) mass is 386 g/mol.